The number of furan rings is 1. The molecular weight excluding hydrogens is 647 g/mol. The summed E-state index contributed by atoms with van der Waals surface area (Å²) in [4.78, 5) is 15.7. The fourth-order valence-electron chi connectivity index (χ4n) is 7.96. The SMILES string of the molecule is c1ccc(-c2cc(-c3nc(-c4ccccc4)nc(-c4cccc5c4ccc4ccc6oc7cc8ccccc8cc7c6c45)n3)c3ccccc3c2)cc1. The molecule has 0 atom stereocenters. The van der Waals surface area contributed by atoms with Gasteiger partial charge >= 0.3 is 0 Å². The minimum absolute atomic E-state index is 0.628. The molecule has 0 fully saturated rings. The molecule has 246 valence electrons. The molecule has 4 heteroatoms. The zero-order valence-corrected chi connectivity index (χ0v) is 28.5. The van der Waals surface area contributed by atoms with Gasteiger partial charge in [0.2, 0.25) is 0 Å². The van der Waals surface area contributed by atoms with E-state index in [1.807, 2.05) is 24.3 Å². The van der Waals surface area contributed by atoms with Gasteiger partial charge in [0.1, 0.15) is 11.2 Å². The number of nitrogens with zero attached hydrogens (tertiary/aromatic N) is 3. The third kappa shape index (κ3) is 4.80. The fraction of sp³-hybridized carbons (Fsp3) is 0. The summed E-state index contributed by atoms with van der Waals surface area (Å²) in [5.74, 6) is 1.90. The molecule has 0 saturated heterocycles. The molecule has 2 heterocycles. The molecule has 0 amide bonds. The largest absolute Gasteiger partial charge is 0.456 e. The summed E-state index contributed by atoms with van der Waals surface area (Å²) in [6, 6.07) is 61.6. The second kappa shape index (κ2) is 11.7. The lowest BCUT2D eigenvalue weighted by molar-refractivity contribution is 0.670. The van der Waals surface area contributed by atoms with Crippen LogP contribution in [0.2, 0.25) is 0 Å². The summed E-state index contributed by atoms with van der Waals surface area (Å²) >= 11 is 0. The van der Waals surface area contributed by atoms with E-state index in [0.29, 0.717) is 17.5 Å². The Kier molecular flexibility index (Phi) is 6.52. The van der Waals surface area contributed by atoms with Crippen LogP contribution >= 0.6 is 0 Å². The first kappa shape index (κ1) is 29.5. The summed E-state index contributed by atoms with van der Waals surface area (Å²) in [5.41, 5.74) is 6.87. The zero-order chi connectivity index (χ0) is 34.9. The van der Waals surface area contributed by atoms with E-state index in [2.05, 4.69) is 152 Å². The Morgan fingerprint density at radius 2 is 0.943 bits per heavy atom. The third-order valence-electron chi connectivity index (χ3n) is 10.5. The smallest absolute Gasteiger partial charge is 0.164 e. The standard InChI is InChI=1S/C49H29N3O/c1-3-12-30(13-4-1)36-26-35-18-9-10-19-37(35)41(28-36)49-51-47(32-14-5-2-6-15-32)50-48(52-49)40-21-11-20-39-38(40)24-22-31-23-25-43-46(45(31)39)42-27-33-16-7-8-17-34(33)29-44(42)53-43/h1-29H. The maximum absolute atomic E-state index is 6.51. The molecule has 4 nitrogen and oxygen atoms in total. The average Bonchev–Trinajstić information content (AvgIpc) is 3.60. The Bertz CT molecular complexity index is 3220. The second-order valence-electron chi connectivity index (χ2n) is 13.6. The van der Waals surface area contributed by atoms with Gasteiger partial charge in [-0.3, -0.25) is 0 Å². The Hall–Kier alpha value is -7.17. The first-order valence-corrected chi connectivity index (χ1v) is 17.9. The van der Waals surface area contributed by atoms with Crippen molar-refractivity contribution in [3.63, 3.8) is 0 Å². The van der Waals surface area contributed by atoms with Crippen LogP contribution in [-0.2, 0) is 0 Å². The number of rotatable bonds is 4. The van der Waals surface area contributed by atoms with Gasteiger partial charge in [-0.05, 0) is 79.2 Å². The van der Waals surface area contributed by atoms with Crippen LogP contribution in [0, 0.1) is 0 Å². The van der Waals surface area contributed by atoms with Gasteiger partial charge in [0.05, 0.1) is 0 Å². The van der Waals surface area contributed by atoms with Gasteiger partial charge in [0.25, 0.3) is 0 Å². The van der Waals surface area contributed by atoms with Crippen LogP contribution in [0.4, 0.5) is 0 Å². The summed E-state index contributed by atoms with van der Waals surface area (Å²) < 4.78 is 6.51. The molecule has 0 N–H and O–H groups in total. The van der Waals surface area contributed by atoms with Gasteiger partial charge in [-0.25, -0.2) is 15.0 Å². The van der Waals surface area contributed by atoms with E-state index in [0.717, 1.165) is 87.5 Å². The Balaban J connectivity index is 1.19. The number of hydrogen-bond acceptors (Lipinski definition) is 4. The third-order valence-corrected chi connectivity index (χ3v) is 10.5. The van der Waals surface area contributed by atoms with E-state index >= 15 is 0 Å². The molecule has 11 aromatic rings. The highest BCUT2D eigenvalue weighted by molar-refractivity contribution is 6.28. The monoisotopic (exact) mass is 675 g/mol. The van der Waals surface area contributed by atoms with E-state index < -0.39 is 0 Å². The molecule has 2 aromatic heterocycles. The van der Waals surface area contributed by atoms with E-state index in [1.54, 1.807) is 0 Å². The molecule has 0 spiro atoms. The number of aromatic nitrogens is 3. The molecule has 0 aliphatic carbocycles. The lowest BCUT2D eigenvalue weighted by Crippen LogP contribution is -2.01. The minimum Gasteiger partial charge on any atom is -0.456 e. The van der Waals surface area contributed by atoms with Gasteiger partial charge < -0.3 is 4.42 Å². The number of fused-ring (bicyclic) bond motifs is 9. The molecule has 0 aliphatic heterocycles. The van der Waals surface area contributed by atoms with Crippen molar-refractivity contribution >= 4 is 65.0 Å². The molecule has 0 unspecified atom stereocenters. The van der Waals surface area contributed by atoms with Gasteiger partial charge in [-0.15, -0.1) is 0 Å². The van der Waals surface area contributed by atoms with Crippen LogP contribution in [-0.4, -0.2) is 15.0 Å². The lowest BCUT2D eigenvalue weighted by atomic mass is 9.94. The normalized spacial score (nSPS) is 11.8. The topological polar surface area (TPSA) is 51.8 Å². The summed E-state index contributed by atoms with van der Waals surface area (Å²) in [5, 5.41) is 11.3. The predicted molar refractivity (Wildman–Crippen MR) is 219 cm³/mol. The summed E-state index contributed by atoms with van der Waals surface area (Å²) in [6.45, 7) is 0. The Morgan fingerprint density at radius 1 is 0.302 bits per heavy atom. The summed E-state index contributed by atoms with van der Waals surface area (Å²) in [6.07, 6.45) is 0. The van der Waals surface area contributed by atoms with E-state index in [1.165, 1.54) is 5.39 Å². The molecule has 0 bridgehead atoms. The fourth-order valence-corrected chi connectivity index (χ4v) is 7.96. The zero-order valence-electron chi connectivity index (χ0n) is 28.5. The first-order valence-electron chi connectivity index (χ1n) is 17.9. The first-order chi connectivity index (χ1) is 26.2. The van der Waals surface area contributed by atoms with Crippen LogP contribution < -0.4 is 0 Å². The quantitative estimate of drug-likeness (QED) is 0.174. The van der Waals surface area contributed by atoms with E-state index in [9.17, 15) is 0 Å². The second-order valence-corrected chi connectivity index (χ2v) is 13.6. The van der Waals surface area contributed by atoms with E-state index in [-0.39, 0.29) is 0 Å². The maximum Gasteiger partial charge on any atom is 0.164 e. The molecule has 9 aromatic carbocycles. The molecule has 0 radical (unpaired) electrons. The maximum atomic E-state index is 6.51. The number of hydrogen-bond donors (Lipinski definition) is 0. The van der Waals surface area contributed by atoms with Crippen LogP contribution in [0.5, 0.6) is 0 Å². The predicted octanol–water partition coefficient (Wildman–Crippen LogP) is 13.1. The highest BCUT2D eigenvalue weighted by Gasteiger charge is 2.19. The molecule has 11 rings (SSSR count). The van der Waals surface area contributed by atoms with Gasteiger partial charge in [-0.2, -0.15) is 0 Å². The van der Waals surface area contributed by atoms with Crippen LogP contribution in [0.15, 0.2) is 180 Å². The van der Waals surface area contributed by atoms with Crippen molar-refractivity contribution in [1.82, 2.24) is 15.0 Å². The highest BCUT2D eigenvalue weighted by atomic mass is 16.3. The lowest BCUT2D eigenvalue weighted by Gasteiger charge is -2.14. The van der Waals surface area contributed by atoms with E-state index in [4.69, 9.17) is 19.4 Å². The van der Waals surface area contributed by atoms with Crippen molar-refractivity contribution in [2.75, 3.05) is 0 Å². The molecule has 0 aliphatic rings. The van der Waals surface area contributed by atoms with Crippen LogP contribution in [0.1, 0.15) is 0 Å². The van der Waals surface area contributed by atoms with Crippen molar-refractivity contribution < 1.29 is 4.42 Å². The Labute approximate surface area is 304 Å². The minimum atomic E-state index is 0.628. The van der Waals surface area contributed by atoms with Crippen molar-refractivity contribution in [1.29, 1.82) is 0 Å². The van der Waals surface area contributed by atoms with Gasteiger partial charge in [0.15, 0.2) is 17.5 Å². The average molecular weight is 676 g/mol. The highest BCUT2D eigenvalue weighted by Crippen LogP contribution is 2.42. The molecular formula is C49H29N3O. The molecule has 53 heavy (non-hydrogen) atoms. The Morgan fingerprint density at radius 3 is 1.75 bits per heavy atom. The van der Waals surface area contributed by atoms with Crippen LogP contribution in [0.3, 0.4) is 0 Å². The van der Waals surface area contributed by atoms with Gasteiger partial charge in [-0.1, -0.05) is 146 Å². The van der Waals surface area contributed by atoms with Crippen LogP contribution in [0.25, 0.3) is 110 Å². The van der Waals surface area contributed by atoms with Crippen molar-refractivity contribution in [2.24, 2.45) is 0 Å². The number of benzene rings is 9. The molecule has 0 saturated carbocycles. The summed E-state index contributed by atoms with van der Waals surface area (Å²) in [7, 11) is 0. The van der Waals surface area contributed by atoms with Gasteiger partial charge in [0, 0.05) is 32.8 Å². The van der Waals surface area contributed by atoms with Crippen molar-refractivity contribution in [2.45, 2.75) is 0 Å². The van der Waals surface area contributed by atoms with Crippen molar-refractivity contribution in [3.8, 4) is 45.3 Å². The van der Waals surface area contributed by atoms with Crippen molar-refractivity contribution in [3.05, 3.63) is 176 Å².